The Kier molecular flexibility index (Phi) is 8.76. The zero-order valence-electron chi connectivity index (χ0n) is 17.5. The standard InChI is InChI=1S/C21H35N3O3S/c1-4-18-10-12-20(13-11-18)24(28(3,26)27)17-21(25)22-14-8-16-23-15-7-6-9-19(23)5-2/h10-13,19H,4-9,14-17H2,1-3H3,(H,22,25). The van der Waals surface area contributed by atoms with E-state index >= 15 is 0 Å². The van der Waals surface area contributed by atoms with Crippen LogP contribution in [0.25, 0.3) is 0 Å². The van der Waals surface area contributed by atoms with Crippen molar-refractivity contribution in [2.45, 2.75) is 58.4 Å². The second-order valence-electron chi connectivity index (χ2n) is 7.59. The Morgan fingerprint density at radius 3 is 2.54 bits per heavy atom. The van der Waals surface area contributed by atoms with Crippen LogP contribution in [0, 0.1) is 0 Å². The molecule has 28 heavy (non-hydrogen) atoms. The number of amides is 1. The van der Waals surface area contributed by atoms with Gasteiger partial charge in [0.05, 0.1) is 11.9 Å². The molecule has 1 atom stereocenters. The summed E-state index contributed by atoms with van der Waals surface area (Å²) in [6.45, 7) is 6.78. The Labute approximate surface area is 170 Å². The summed E-state index contributed by atoms with van der Waals surface area (Å²) in [6.07, 6.45) is 7.90. The summed E-state index contributed by atoms with van der Waals surface area (Å²) < 4.78 is 25.5. The Morgan fingerprint density at radius 1 is 1.21 bits per heavy atom. The molecular formula is C21H35N3O3S. The lowest BCUT2D eigenvalue weighted by Crippen LogP contribution is -2.42. The third-order valence-electron chi connectivity index (χ3n) is 5.48. The minimum absolute atomic E-state index is 0.189. The first-order valence-electron chi connectivity index (χ1n) is 10.4. The molecule has 0 bridgehead atoms. The van der Waals surface area contributed by atoms with Crippen molar-refractivity contribution in [3.63, 3.8) is 0 Å². The maximum atomic E-state index is 12.3. The molecule has 158 valence electrons. The van der Waals surface area contributed by atoms with Crippen LogP contribution in [-0.2, 0) is 21.2 Å². The molecule has 0 saturated carbocycles. The molecule has 0 spiro atoms. The van der Waals surface area contributed by atoms with E-state index in [1.54, 1.807) is 12.1 Å². The topological polar surface area (TPSA) is 69.7 Å². The molecule has 0 aliphatic carbocycles. The Bertz CT molecular complexity index is 719. The molecule has 2 rings (SSSR count). The van der Waals surface area contributed by atoms with Crippen LogP contribution >= 0.6 is 0 Å². The van der Waals surface area contributed by atoms with E-state index in [1.807, 2.05) is 19.1 Å². The summed E-state index contributed by atoms with van der Waals surface area (Å²) >= 11 is 0. The average molecular weight is 410 g/mol. The molecule has 0 radical (unpaired) electrons. The van der Waals surface area contributed by atoms with Gasteiger partial charge < -0.3 is 10.2 Å². The predicted octanol–water partition coefficient (Wildman–Crippen LogP) is 2.79. The molecule has 6 nitrogen and oxygen atoms in total. The second-order valence-corrected chi connectivity index (χ2v) is 9.49. The van der Waals surface area contributed by atoms with E-state index in [4.69, 9.17) is 0 Å². The highest BCUT2D eigenvalue weighted by Crippen LogP contribution is 2.20. The number of nitrogens with zero attached hydrogens (tertiary/aromatic N) is 2. The SMILES string of the molecule is CCc1ccc(N(CC(=O)NCCCN2CCCCC2CC)S(C)(=O)=O)cc1. The average Bonchev–Trinajstić information content (AvgIpc) is 2.69. The van der Waals surface area contributed by atoms with Gasteiger partial charge >= 0.3 is 0 Å². The number of hydrogen-bond acceptors (Lipinski definition) is 4. The molecule has 1 aliphatic heterocycles. The summed E-state index contributed by atoms with van der Waals surface area (Å²) in [5, 5.41) is 2.88. The number of likely N-dealkylation sites (tertiary alicyclic amines) is 1. The number of piperidine rings is 1. The van der Waals surface area contributed by atoms with Crippen molar-refractivity contribution in [1.82, 2.24) is 10.2 Å². The maximum absolute atomic E-state index is 12.3. The van der Waals surface area contributed by atoms with Crippen LogP contribution in [0.1, 0.15) is 51.5 Å². The number of carbonyl (C=O) groups excluding carboxylic acids is 1. The van der Waals surface area contributed by atoms with Gasteiger partial charge in [0.15, 0.2) is 0 Å². The zero-order valence-corrected chi connectivity index (χ0v) is 18.3. The molecule has 1 amide bonds. The van der Waals surface area contributed by atoms with Gasteiger partial charge in [0.1, 0.15) is 6.54 Å². The van der Waals surface area contributed by atoms with Crippen LogP contribution in [-0.4, -0.2) is 57.7 Å². The fraction of sp³-hybridized carbons (Fsp3) is 0.667. The summed E-state index contributed by atoms with van der Waals surface area (Å²) in [5.41, 5.74) is 1.65. The van der Waals surface area contributed by atoms with Gasteiger partial charge in [-0.25, -0.2) is 8.42 Å². The number of benzene rings is 1. The number of hydrogen-bond donors (Lipinski definition) is 1. The molecule has 1 heterocycles. The van der Waals surface area contributed by atoms with Crippen molar-refractivity contribution < 1.29 is 13.2 Å². The van der Waals surface area contributed by atoms with Crippen LogP contribution < -0.4 is 9.62 Å². The van der Waals surface area contributed by atoms with E-state index in [2.05, 4.69) is 17.1 Å². The molecule has 1 aromatic carbocycles. The van der Waals surface area contributed by atoms with Crippen molar-refractivity contribution in [3.05, 3.63) is 29.8 Å². The molecule has 1 aliphatic rings. The third kappa shape index (κ3) is 6.78. The Balaban J connectivity index is 1.84. The van der Waals surface area contributed by atoms with Crippen LogP contribution in [0.2, 0.25) is 0 Å². The lowest BCUT2D eigenvalue weighted by molar-refractivity contribution is -0.119. The largest absolute Gasteiger partial charge is 0.354 e. The highest BCUT2D eigenvalue weighted by atomic mass is 32.2. The highest BCUT2D eigenvalue weighted by molar-refractivity contribution is 7.92. The van der Waals surface area contributed by atoms with Crippen molar-refractivity contribution in [3.8, 4) is 0 Å². The normalized spacial score (nSPS) is 18.0. The zero-order chi connectivity index (χ0) is 20.6. The van der Waals surface area contributed by atoms with Crippen molar-refractivity contribution >= 4 is 21.6 Å². The molecule has 0 aromatic heterocycles. The van der Waals surface area contributed by atoms with E-state index in [-0.39, 0.29) is 12.5 Å². The molecule has 1 fully saturated rings. The number of sulfonamides is 1. The smallest absolute Gasteiger partial charge is 0.240 e. The molecule has 1 aromatic rings. The van der Waals surface area contributed by atoms with Gasteiger partial charge in [0.25, 0.3) is 0 Å². The van der Waals surface area contributed by atoms with Crippen LogP contribution in [0.4, 0.5) is 5.69 Å². The van der Waals surface area contributed by atoms with Crippen LogP contribution in [0.15, 0.2) is 24.3 Å². The van der Waals surface area contributed by atoms with Gasteiger partial charge in [-0.15, -0.1) is 0 Å². The van der Waals surface area contributed by atoms with Gasteiger partial charge in [-0.05, 0) is 56.3 Å². The number of aryl methyl sites for hydroxylation is 1. The number of nitrogens with one attached hydrogen (secondary N) is 1. The molecule has 1 unspecified atom stereocenters. The van der Waals surface area contributed by atoms with Gasteiger partial charge in [-0.2, -0.15) is 0 Å². The van der Waals surface area contributed by atoms with Gasteiger partial charge in [0, 0.05) is 19.1 Å². The van der Waals surface area contributed by atoms with E-state index in [9.17, 15) is 13.2 Å². The van der Waals surface area contributed by atoms with Gasteiger partial charge in [-0.3, -0.25) is 9.10 Å². The first-order chi connectivity index (χ1) is 13.3. The van der Waals surface area contributed by atoms with Crippen molar-refractivity contribution in [1.29, 1.82) is 0 Å². The fourth-order valence-corrected chi connectivity index (χ4v) is 4.67. The first-order valence-corrected chi connectivity index (χ1v) is 12.3. The number of anilines is 1. The maximum Gasteiger partial charge on any atom is 0.240 e. The second kappa shape index (κ2) is 10.8. The molecule has 7 heteroatoms. The fourth-order valence-electron chi connectivity index (χ4n) is 3.81. The van der Waals surface area contributed by atoms with E-state index in [1.165, 1.54) is 30.0 Å². The summed E-state index contributed by atoms with van der Waals surface area (Å²) in [5.74, 6) is -0.268. The monoisotopic (exact) mass is 409 g/mol. The number of carbonyl (C=O) groups is 1. The lowest BCUT2D eigenvalue weighted by atomic mass is 10.00. The van der Waals surface area contributed by atoms with Crippen molar-refractivity contribution in [2.24, 2.45) is 0 Å². The molecule has 1 saturated heterocycles. The number of rotatable bonds is 10. The lowest BCUT2D eigenvalue weighted by Gasteiger charge is -2.35. The highest BCUT2D eigenvalue weighted by Gasteiger charge is 2.22. The summed E-state index contributed by atoms with van der Waals surface area (Å²) in [7, 11) is -3.53. The predicted molar refractivity (Wildman–Crippen MR) is 115 cm³/mol. The van der Waals surface area contributed by atoms with E-state index in [0.717, 1.165) is 37.8 Å². The molecule has 1 N–H and O–H groups in total. The quantitative estimate of drug-likeness (QED) is 0.603. The van der Waals surface area contributed by atoms with Crippen molar-refractivity contribution in [2.75, 3.05) is 36.7 Å². The van der Waals surface area contributed by atoms with Crippen LogP contribution in [0.5, 0.6) is 0 Å². The van der Waals surface area contributed by atoms with E-state index in [0.29, 0.717) is 18.3 Å². The summed E-state index contributed by atoms with van der Waals surface area (Å²) in [6, 6.07) is 7.97. The van der Waals surface area contributed by atoms with Gasteiger partial charge in [0.2, 0.25) is 15.9 Å². The van der Waals surface area contributed by atoms with Gasteiger partial charge in [-0.1, -0.05) is 32.4 Å². The van der Waals surface area contributed by atoms with E-state index < -0.39 is 10.0 Å². The first kappa shape index (κ1) is 22.7. The van der Waals surface area contributed by atoms with Crippen LogP contribution in [0.3, 0.4) is 0 Å². The summed E-state index contributed by atoms with van der Waals surface area (Å²) in [4.78, 5) is 14.9. The minimum Gasteiger partial charge on any atom is -0.354 e. The Hall–Kier alpha value is -1.60. The molecular weight excluding hydrogens is 374 g/mol. The Morgan fingerprint density at radius 2 is 1.93 bits per heavy atom. The minimum atomic E-state index is -3.53. The third-order valence-corrected chi connectivity index (χ3v) is 6.63.